The molecule has 0 aromatic rings. The zero-order valence-corrected chi connectivity index (χ0v) is 20.8. The molecule has 0 radical (unpaired) electrons. The van der Waals surface area contributed by atoms with Crippen molar-refractivity contribution in [1.82, 2.24) is 0 Å². The van der Waals surface area contributed by atoms with E-state index in [1.807, 2.05) is 0 Å². The minimum Gasteiger partial charge on any atom is -0.481 e. The summed E-state index contributed by atoms with van der Waals surface area (Å²) in [7, 11) is -4.84. The fourth-order valence-electron chi connectivity index (χ4n) is 2.57. The monoisotopic (exact) mass is 434 g/mol. The van der Waals surface area contributed by atoms with Crippen LogP contribution in [0.1, 0.15) is 90.4 Å². The number of carboxylic acids is 2. The topological polar surface area (TPSA) is 129 Å². The van der Waals surface area contributed by atoms with E-state index < -0.39 is 33.7 Å². The fourth-order valence-corrected chi connectivity index (χ4v) is 3.96. The predicted octanol–water partition coefficient (Wildman–Crippen LogP) is 4.08. The molecule has 1 atom stereocenters. The van der Waals surface area contributed by atoms with Gasteiger partial charge >= 0.3 is 132 Å². The zero-order chi connectivity index (χ0) is 21.1. The Morgan fingerprint density at radius 3 is 1.41 bits per heavy atom. The molecule has 0 aliphatic rings. The first-order valence-corrected chi connectivity index (χ1v) is 13.8. The smallest absolute Gasteiger partial charge is 0.325 e. The zero-order valence-electron chi connectivity index (χ0n) is 16.9. The summed E-state index contributed by atoms with van der Waals surface area (Å²) in [5.41, 5.74) is 0. The van der Waals surface area contributed by atoms with Crippen LogP contribution in [0, 0.1) is 0 Å². The molecule has 3 N–H and O–H groups in total. The third-order valence-electron chi connectivity index (χ3n) is 4.20. The first kappa shape index (κ1) is 29.7. The van der Waals surface area contributed by atoms with E-state index in [1.165, 1.54) is 77.0 Å². The molecule has 156 valence electrons. The molecule has 0 bridgehead atoms. The molecule has 0 aliphatic heterocycles. The summed E-state index contributed by atoms with van der Waals surface area (Å²) in [5.74, 6) is -3.50. The van der Waals surface area contributed by atoms with Gasteiger partial charge in [-0.05, 0) is 0 Å². The summed E-state index contributed by atoms with van der Waals surface area (Å²) < 4.78 is 30.2. The van der Waals surface area contributed by atoms with Gasteiger partial charge in [-0.25, -0.2) is 0 Å². The maximum atomic E-state index is 10.2. The largest absolute Gasteiger partial charge is 0.481 e. The maximum absolute atomic E-state index is 10.2. The van der Waals surface area contributed by atoms with Gasteiger partial charge < -0.3 is 10.2 Å². The summed E-state index contributed by atoms with van der Waals surface area (Å²) in [5, 5.41) is 13.9. The summed E-state index contributed by atoms with van der Waals surface area (Å²) in [4.78, 5) is 20.0. The van der Waals surface area contributed by atoms with Gasteiger partial charge in [-0.1, -0.05) is 13.3 Å². The number of aliphatic carboxylic acids is 2. The Kier molecular flexibility index (Phi) is 21.8. The molecule has 0 heterocycles. The summed E-state index contributed by atoms with van der Waals surface area (Å²) in [6.45, 7) is 2.29. The molecule has 0 saturated carbocycles. The van der Waals surface area contributed by atoms with Crippen molar-refractivity contribution in [2.45, 2.75) is 96.2 Å². The molecule has 0 spiro atoms. The molecule has 0 fully saturated rings. The van der Waals surface area contributed by atoms with E-state index in [1.54, 1.807) is 0.515 Å². The standard InChI is InChI=1S/C14H29.C4H6O7S.K/c1-3-5-7-9-11-13-14-12-10-8-6-4-2;5-3(6)1-2(4(7)8)12(9,10)11;/h1,3-14H2,2H3;2H,1H2,(H,5,6)(H,7,8)(H,9,10,11);. The van der Waals surface area contributed by atoms with Gasteiger partial charge in [0.25, 0.3) is 10.1 Å². The summed E-state index contributed by atoms with van der Waals surface area (Å²) in [6.07, 6.45) is 16.6. The molecule has 0 aliphatic carbocycles. The van der Waals surface area contributed by atoms with E-state index in [9.17, 15) is 18.0 Å². The van der Waals surface area contributed by atoms with Crippen LogP contribution in [0.4, 0.5) is 0 Å². The van der Waals surface area contributed by atoms with Gasteiger partial charge in [0.1, 0.15) is 0 Å². The number of hydrogen-bond donors (Lipinski definition) is 3. The summed E-state index contributed by atoms with van der Waals surface area (Å²) in [6, 6.07) is 0. The third-order valence-corrected chi connectivity index (χ3v) is 6.39. The Morgan fingerprint density at radius 1 is 0.815 bits per heavy atom. The fraction of sp³-hybridized carbons (Fsp3) is 0.889. The Hall–Kier alpha value is 0.486. The molecule has 9 heteroatoms. The number of carboxylic acid groups (broad SMARTS) is 2. The Morgan fingerprint density at radius 2 is 1.19 bits per heavy atom. The van der Waals surface area contributed by atoms with Crippen molar-refractivity contribution in [3.05, 3.63) is 0 Å². The van der Waals surface area contributed by atoms with Gasteiger partial charge in [-0.3, -0.25) is 14.1 Å². The molecular weight excluding hydrogens is 399 g/mol. The van der Waals surface area contributed by atoms with Crippen LogP contribution < -0.4 is 0 Å². The van der Waals surface area contributed by atoms with Crippen molar-refractivity contribution in [2.75, 3.05) is 0 Å². The summed E-state index contributed by atoms with van der Waals surface area (Å²) >= 11 is 1.10. The van der Waals surface area contributed by atoms with E-state index >= 15 is 0 Å². The van der Waals surface area contributed by atoms with E-state index in [4.69, 9.17) is 14.8 Å². The van der Waals surface area contributed by atoms with Crippen LogP contribution in [-0.4, -0.2) is 89.3 Å². The Bertz CT molecular complexity index is 468. The van der Waals surface area contributed by atoms with Crippen molar-refractivity contribution >= 4 is 71.0 Å². The molecule has 1 unspecified atom stereocenters. The molecule has 0 aromatic heterocycles. The number of unbranched alkanes of at least 4 members (excludes halogenated alkanes) is 11. The van der Waals surface area contributed by atoms with Gasteiger partial charge in [-0.15, -0.1) is 0 Å². The molecule has 27 heavy (non-hydrogen) atoms. The van der Waals surface area contributed by atoms with Crippen LogP contribution in [-0.2, 0) is 19.7 Å². The average Bonchev–Trinajstić information content (AvgIpc) is 2.57. The Labute approximate surface area is 198 Å². The van der Waals surface area contributed by atoms with Crippen LogP contribution in [0.5, 0.6) is 0 Å². The van der Waals surface area contributed by atoms with Crippen molar-refractivity contribution in [2.24, 2.45) is 0 Å². The molecule has 0 rings (SSSR count). The van der Waals surface area contributed by atoms with Crippen LogP contribution >= 0.6 is 0 Å². The van der Waals surface area contributed by atoms with Crippen molar-refractivity contribution in [3.63, 3.8) is 0 Å². The predicted molar refractivity (Wildman–Crippen MR) is 107 cm³/mol. The van der Waals surface area contributed by atoms with Gasteiger partial charge in [0.15, 0.2) is 5.25 Å². The van der Waals surface area contributed by atoms with Crippen LogP contribution in [0.2, 0.25) is 0.515 Å². The molecule has 7 nitrogen and oxygen atoms in total. The maximum Gasteiger partial charge on any atom is 0.325 e. The second-order valence-electron chi connectivity index (χ2n) is 6.83. The minimum atomic E-state index is -4.84. The van der Waals surface area contributed by atoms with Crippen molar-refractivity contribution in [3.8, 4) is 0 Å². The van der Waals surface area contributed by atoms with Crippen LogP contribution in [0.3, 0.4) is 0 Å². The Balaban J connectivity index is 0. The van der Waals surface area contributed by atoms with E-state index in [2.05, 4.69) is 6.92 Å². The number of hydrogen-bond acceptors (Lipinski definition) is 4. The quantitative estimate of drug-likeness (QED) is 0.190. The SMILES string of the molecule is CCCCCCCCCCCCC[CH2][K].O=C(O)CC(C(=O)O)S(=O)(=O)O. The molecule has 0 aromatic carbocycles. The molecule has 0 saturated heterocycles. The average molecular weight is 435 g/mol. The van der Waals surface area contributed by atoms with Crippen LogP contribution in [0.15, 0.2) is 0 Å². The van der Waals surface area contributed by atoms with E-state index in [-0.39, 0.29) is 0 Å². The molecule has 0 amide bonds. The van der Waals surface area contributed by atoms with Crippen molar-refractivity contribution in [1.29, 1.82) is 0 Å². The van der Waals surface area contributed by atoms with Gasteiger partial charge in [-0.2, -0.15) is 8.42 Å². The second-order valence-corrected chi connectivity index (χ2v) is 9.99. The van der Waals surface area contributed by atoms with E-state index in [0.717, 1.165) is 49.0 Å². The second kappa shape index (κ2) is 19.8. The van der Waals surface area contributed by atoms with E-state index in [0.29, 0.717) is 0 Å². The molecular formula is C18H35KO7S. The normalized spacial score (nSPS) is 12.1. The first-order valence-electron chi connectivity index (χ1n) is 10.1. The third kappa shape index (κ3) is 22.6. The van der Waals surface area contributed by atoms with Gasteiger partial charge in [0, 0.05) is 0 Å². The van der Waals surface area contributed by atoms with Crippen LogP contribution in [0.25, 0.3) is 0 Å². The number of carbonyl (C=O) groups is 2. The number of rotatable bonds is 16. The van der Waals surface area contributed by atoms with Crippen molar-refractivity contribution < 1.29 is 32.8 Å². The van der Waals surface area contributed by atoms with Gasteiger partial charge in [0.2, 0.25) is 0 Å². The minimum absolute atomic E-state index is 1.10. The first-order chi connectivity index (χ1) is 12.7. The van der Waals surface area contributed by atoms with Gasteiger partial charge in [0.05, 0.1) is 6.42 Å².